The average molecular weight is 176 g/mol. The van der Waals surface area contributed by atoms with Crippen molar-refractivity contribution in [3.63, 3.8) is 0 Å². The van der Waals surface area contributed by atoms with Crippen molar-refractivity contribution in [3.8, 4) is 0 Å². The summed E-state index contributed by atoms with van der Waals surface area (Å²) in [5, 5.41) is 0. The van der Waals surface area contributed by atoms with E-state index in [4.69, 9.17) is 4.74 Å². The van der Waals surface area contributed by atoms with Gasteiger partial charge in [-0.1, -0.05) is 0 Å². The van der Waals surface area contributed by atoms with Crippen molar-refractivity contribution in [2.75, 3.05) is 18.1 Å². The molecule has 0 aliphatic carbocycles. The first-order valence-corrected chi connectivity index (χ1v) is 5.68. The minimum atomic E-state index is -2.72. The Hall–Kier alpha value is -0.0900. The van der Waals surface area contributed by atoms with E-state index >= 15 is 0 Å². The summed E-state index contributed by atoms with van der Waals surface area (Å²) in [6.45, 7) is 2.74. The summed E-state index contributed by atoms with van der Waals surface area (Å²) in [6, 6.07) is 0. The fourth-order valence-electron chi connectivity index (χ4n) is 1.63. The van der Waals surface area contributed by atoms with Gasteiger partial charge < -0.3 is 4.74 Å². The molecule has 0 saturated carbocycles. The van der Waals surface area contributed by atoms with E-state index in [1.807, 2.05) is 6.92 Å². The lowest BCUT2D eigenvalue weighted by Crippen LogP contribution is -2.21. The van der Waals surface area contributed by atoms with Gasteiger partial charge in [0.05, 0.1) is 23.7 Å². The third-order valence-electron chi connectivity index (χ3n) is 2.70. The number of hydrogen-bond acceptors (Lipinski definition) is 3. The van der Waals surface area contributed by atoms with Crippen molar-refractivity contribution in [2.24, 2.45) is 5.92 Å². The van der Waals surface area contributed by atoms with Crippen molar-refractivity contribution in [2.45, 2.75) is 18.9 Å². The van der Waals surface area contributed by atoms with Crippen LogP contribution in [0.1, 0.15) is 13.3 Å². The maximum atomic E-state index is 11.1. The molecule has 2 rings (SSSR count). The van der Waals surface area contributed by atoms with Gasteiger partial charge >= 0.3 is 0 Å². The van der Waals surface area contributed by atoms with Crippen LogP contribution in [0.2, 0.25) is 0 Å². The number of sulfone groups is 1. The van der Waals surface area contributed by atoms with Gasteiger partial charge in [0.2, 0.25) is 0 Å². The molecule has 2 fully saturated rings. The van der Waals surface area contributed by atoms with Crippen LogP contribution in [0.4, 0.5) is 0 Å². The van der Waals surface area contributed by atoms with Crippen LogP contribution in [0, 0.1) is 5.92 Å². The van der Waals surface area contributed by atoms with Gasteiger partial charge in [-0.2, -0.15) is 0 Å². The van der Waals surface area contributed by atoms with Gasteiger partial charge in [0.15, 0.2) is 9.84 Å². The first-order valence-electron chi connectivity index (χ1n) is 3.86. The van der Waals surface area contributed by atoms with Crippen LogP contribution < -0.4 is 0 Å². The van der Waals surface area contributed by atoms with Crippen LogP contribution >= 0.6 is 0 Å². The number of epoxide rings is 1. The molecule has 0 bridgehead atoms. The van der Waals surface area contributed by atoms with Crippen LogP contribution in [0.5, 0.6) is 0 Å². The molecule has 2 aliphatic heterocycles. The Kier molecular flexibility index (Phi) is 1.36. The molecule has 0 aromatic carbocycles. The Morgan fingerprint density at radius 2 is 2.18 bits per heavy atom. The first-order chi connectivity index (χ1) is 5.02. The summed E-state index contributed by atoms with van der Waals surface area (Å²) in [5.41, 5.74) is -0.0937. The lowest BCUT2D eigenvalue weighted by molar-refractivity contribution is 0.251. The molecule has 2 saturated heterocycles. The molecule has 2 unspecified atom stereocenters. The van der Waals surface area contributed by atoms with E-state index in [0.717, 1.165) is 13.0 Å². The number of hydrogen-bond donors (Lipinski definition) is 0. The van der Waals surface area contributed by atoms with Gasteiger partial charge in [-0.3, -0.25) is 0 Å². The molecule has 0 N–H and O–H groups in total. The third kappa shape index (κ3) is 1.29. The molecule has 0 amide bonds. The summed E-state index contributed by atoms with van der Waals surface area (Å²) in [5.74, 6) is 0.952. The molecule has 0 aromatic heterocycles. The van der Waals surface area contributed by atoms with Gasteiger partial charge in [0.25, 0.3) is 0 Å². The molecule has 2 heterocycles. The van der Waals surface area contributed by atoms with E-state index in [1.54, 1.807) is 0 Å². The van der Waals surface area contributed by atoms with Crippen LogP contribution in [0.3, 0.4) is 0 Å². The molecule has 4 heteroatoms. The largest absolute Gasteiger partial charge is 0.370 e. The third-order valence-corrected chi connectivity index (χ3v) is 4.46. The minimum Gasteiger partial charge on any atom is -0.370 e. The van der Waals surface area contributed by atoms with Crippen molar-refractivity contribution < 1.29 is 13.2 Å². The van der Waals surface area contributed by atoms with Gasteiger partial charge in [0.1, 0.15) is 0 Å². The fraction of sp³-hybridized carbons (Fsp3) is 1.00. The van der Waals surface area contributed by atoms with E-state index in [9.17, 15) is 8.42 Å². The van der Waals surface area contributed by atoms with Crippen molar-refractivity contribution >= 4 is 9.84 Å². The summed E-state index contributed by atoms with van der Waals surface area (Å²) in [6.07, 6.45) is 0.791. The van der Waals surface area contributed by atoms with E-state index in [0.29, 0.717) is 11.5 Å². The zero-order valence-electron chi connectivity index (χ0n) is 6.54. The molecule has 64 valence electrons. The average Bonchev–Trinajstić information content (AvgIpc) is 2.51. The molecular weight excluding hydrogens is 164 g/mol. The van der Waals surface area contributed by atoms with E-state index in [2.05, 4.69) is 0 Å². The molecule has 0 radical (unpaired) electrons. The second kappa shape index (κ2) is 1.98. The first kappa shape index (κ1) is 7.55. The van der Waals surface area contributed by atoms with Crippen LogP contribution in [0.15, 0.2) is 0 Å². The van der Waals surface area contributed by atoms with Gasteiger partial charge in [-0.15, -0.1) is 0 Å². The topological polar surface area (TPSA) is 46.7 Å². The summed E-state index contributed by atoms with van der Waals surface area (Å²) >= 11 is 0. The molecule has 2 atom stereocenters. The number of rotatable bonds is 1. The Morgan fingerprint density at radius 3 is 2.55 bits per heavy atom. The summed E-state index contributed by atoms with van der Waals surface area (Å²) < 4.78 is 27.3. The molecule has 0 aromatic rings. The van der Waals surface area contributed by atoms with E-state index < -0.39 is 9.84 Å². The van der Waals surface area contributed by atoms with Crippen molar-refractivity contribution in [3.05, 3.63) is 0 Å². The lowest BCUT2D eigenvalue weighted by atomic mass is 9.94. The molecular formula is C7H12O3S. The van der Waals surface area contributed by atoms with Crippen LogP contribution in [-0.2, 0) is 14.6 Å². The SMILES string of the molecule is CC1(C2CCS(=O)(=O)C2)CO1. The highest BCUT2D eigenvalue weighted by Crippen LogP contribution is 2.40. The van der Waals surface area contributed by atoms with Gasteiger partial charge in [-0.25, -0.2) is 8.42 Å². The quantitative estimate of drug-likeness (QED) is 0.536. The summed E-state index contributed by atoms with van der Waals surface area (Å²) in [4.78, 5) is 0. The smallest absolute Gasteiger partial charge is 0.150 e. The standard InChI is InChI=1S/C7H12O3S/c1-7(5-10-7)6-2-3-11(8,9)4-6/h6H,2-5H2,1H3. The second-order valence-corrected chi connectivity index (χ2v) is 5.93. The van der Waals surface area contributed by atoms with E-state index in [-0.39, 0.29) is 11.5 Å². The zero-order chi connectivity index (χ0) is 8.11. The Balaban J connectivity index is 2.11. The molecule has 0 spiro atoms. The predicted octanol–water partition coefficient (Wildman–Crippen LogP) is 0.210. The summed E-state index contributed by atoms with van der Waals surface area (Å²) in [7, 11) is -2.72. The normalized spacial score (nSPS) is 47.5. The van der Waals surface area contributed by atoms with Crippen LogP contribution in [-0.4, -0.2) is 32.1 Å². The maximum Gasteiger partial charge on any atom is 0.150 e. The zero-order valence-corrected chi connectivity index (χ0v) is 7.36. The second-order valence-electron chi connectivity index (χ2n) is 3.70. The highest BCUT2D eigenvalue weighted by molar-refractivity contribution is 7.91. The highest BCUT2D eigenvalue weighted by Gasteiger charge is 2.50. The molecule has 3 nitrogen and oxygen atoms in total. The van der Waals surface area contributed by atoms with E-state index in [1.165, 1.54) is 0 Å². The predicted molar refractivity (Wildman–Crippen MR) is 41.1 cm³/mol. The van der Waals surface area contributed by atoms with Gasteiger partial charge in [0, 0.05) is 5.92 Å². The highest BCUT2D eigenvalue weighted by atomic mass is 32.2. The van der Waals surface area contributed by atoms with Crippen molar-refractivity contribution in [1.82, 2.24) is 0 Å². The molecule has 2 aliphatic rings. The Bertz CT molecular complexity index is 263. The monoisotopic (exact) mass is 176 g/mol. The molecule has 11 heavy (non-hydrogen) atoms. The Morgan fingerprint density at radius 1 is 1.55 bits per heavy atom. The fourth-order valence-corrected chi connectivity index (χ4v) is 3.57. The van der Waals surface area contributed by atoms with Crippen molar-refractivity contribution in [1.29, 1.82) is 0 Å². The Labute approximate surface area is 66.7 Å². The van der Waals surface area contributed by atoms with Gasteiger partial charge in [-0.05, 0) is 13.3 Å². The lowest BCUT2D eigenvalue weighted by Gasteiger charge is -2.10. The van der Waals surface area contributed by atoms with Crippen LogP contribution in [0.25, 0.3) is 0 Å². The number of ether oxygens (including phenoxy) is 1. The maximum absolute atomic E-state index is 11.1. The minimum absolute atomic E-state index is 0.0937.